The number of fused-ring (bicyclic) bond motifs is 1. The Labute approximate surface area is 160 Å². The summed E-state index contributed by atoms with van der Waals surface area (Å²) in [4.78, 5) is 25.2. The molecule has 2 N–H and O–H groups in total. The van der Waals surface area contributed by atoms with Crippen LogP contribution in [0.1, 0.15) is 41.2 Å². The fraction of sp³-hybridized carbons (Fsp3) is 0.333. The lowest BCUT2D eigenvalue weighted by atomic mass is 10.0. The van der Waals surface area contributed by atoms with Crippen molar-refractivity contribution in [2.24, 2.45) is 0 Å². The van der Waals surface area contributed by atoms with Gasteiger partial charge in [-0.2, -0.15) is 11.3 Å². The molecule has 1 atom stereocenters. The number of thioether (sulfide) groups is 1. The Morgan fingerprint density at radius 2 is 2.16 bits per heavy atom. The smallest absolute Gasteiger partial charge is 0.252 e. The number of hydrogen-bond acceptors (Lipinski definition) is 4. The first-order valence-corrected chi connectivity index (χ1v) is 10.5. The highest BCUT2D eigenvalue weighted by atomic mass is 35.5. The van der Waals surface area contributed by atoms with Crippen LogP contribution in [-0.2, 0) is 4.79 Å². The molecular weight excluding hydrogens is 376 g/mol. The molecule has 2 amide bonds. The van der Waals surface area contributed by atoms with Crippen LogP contribution in [0.4, 0.5) is 0 Å². The first-order valence-electron chi connectivity index (χ1n) is 8.15. The predicted octanol–water partition coefficient (Wildman–Crippen LogP) is 4.26. The van der Waals surface area contributed by atoms with E-state index < -0.39 is 0 Å². The van der Waals surface area contributed by atoms with Crippen molar-refractivity contribution in [2.45, 2.75) is 30.2 Å². The predicted molar refractivity (Wildman–Crippen MR) is 104 cm³/mol. The summed E-state index contributed by atoms with van der Waals surface area (Å²) in [5.41, 5.74) is 1.77. The van der Waals surface area contributed by atoms with Crippen LogP contribution in [0.2, 0.25) is 5.02 Å². The lowest BCUT2D eigenvalue weighted by Crippen LogP contribution is -2.31. The highest BCUT2D eigenvalue weighted by Gasteiger charge is 2.22. The second-order valence-corrected chi connectivity index (χ2v) is 8.16. The molecule has 2 heterocycles. The first-order chi connectivity index (χ1) is 12.1. The summed E-state index contributed by atoms with van der Waals surface area (Å²) >= 11 is 9.38. The monoisotopic (exact) mass is 394 g/mol. The molecule has 3 rings (SSSR count). The number of thiophene rings is 1. The molecule has 0 bridgehead atoms. The SMILES string of the molecule is O=C(CCCNC(=O)c1ccsc1)NC1CCSc2ccc(Cl)cc21. The van der Waals surface area contributed by atoms with Crippen LogP contribution in [0.3, 0.4) is 0 Å². The van der Waals surface area contributed by atoms with Gasteiger partial charge in [0.05, 0.1) is 6.04 Å². The molecule has 1 unspecified atom stereocenters. The minimum absolute atomic E-state index is 0.00704. The number of halogens is 1. The Balaban J connectivity index is 1.44. The van der Waals surface area contributed by atoms with Crippen molar-refractivity contribution in [3.63, 3.8) is 0 Å². The number of rotatable bonds is 6. The van der Waals surface area contributed by atoms with E-state index in [9.17, 15) is 9.59 Å². The van der Waals surface area contributed by atoms with Crippen LogP contribution in [0, 0.1) is 0 Å². The van der Waals surface area contributed by atoms with Gasteiger partial charge >= 0.3 is 0 Å². The van der Waals surface area contributed by atoms with Crippen molar-refractivity contribution in [1.29, 1.82) is 0 Å². The molecule has 0 saturated heterocycles. The summed E-state index contributed by atoms with van der Waals surface area (Å²) in [6.45, 7) is 0.491. The van der Waals surface area contributed by atoms with Gasteiger partial charge in [0.15, 0.2) is 0 Å². The van der Waals surface area contributed by atoms with Gasteiger partial charge in [0, 0.05) is 39.6 Å². The maximum Gasteiger partial charge on any atom is 0.252 e. The molecule has 1 aliphatic heterocycles. The van der Waals surface area contributed by atoms with Crippen LogP contribution in [0.15, 0.2) is 39.9 Å². The van der Waals surface area contributed by atoms with Crippen molar-refractivity contribution < 1.29 is 9.59 Å². The Bertz CT molecular complexity index is 750. The summed E-state index contributed by atoms with van der Waals surface area (Å²) < 4.78 is 0. The molecule has 7 heteroatoms. The van der Waals surface area contributed by atoms with Crippen molar-refractivity contribution in [3.05, 3.63) is 51.2 Å². The number of carbonyl (C=O) groups is 2. The van der Waals surface area contributed by atoms with Gasteiger partial charge in [0.2, 0.25) is 5.91 Å². The molecule has 0 spiro atoms. The Hall–Kier alpha value is -1.50. The van der Waals surface area contributed by atoms with E-state index in [0.717, 1.165) is 17.7 Å². The third-order valence-corrected chi connectivity index (χ3v) is 6.04. The summed E-state index contributed by atoms with van der Waals surface area (Å²) in [6.07, 6.45) is 1.91. The quantitative estimate of drug-likeness (QED) is 0.719. The van der Waals surface area contributed by atoms with Crippen LogP contribution in [-0.4, -0.2) is 24.1 Å². The average Bonchev–Trinajstić information content (AvgIpc) is 3.14. The summed E-state index contributed by atoms with van der Waals surface area (Å²) in [5.74, 6) is 0.901. The molecule has 0 saturated carbocycles. The molecule has 2 aromatic rings. The number of hydrogen-bond donors (Lipinski definition) is 2. The first kappa shape index (κ1) is 18.3. The van der Waals surface area contributed by atoms with Gasteiger partial charge < -0.3 is 10.6 Å². The van der Waals surface area contributed by atoms with E-state index in [2.05, 4.69) is 10.6 Å². The van der Waals surface area contributed by atoms with Gasteiger partial charge in [-0.15, -0.1) is 11.8 Å². The molecule has 0 fully saturated rings. The van der Waals surface area contributed by atoms with E-state index in [4.69, 9.17) is 11.6 Å². The number of benzene rings is 1. The van der Waals surface area contributed by atoms with E-state index in [1.54, 1.807) is 17.8 Å². The molecule has 4 nitrogen and oxygen atoms in total. The zero-order valence-corrected chi connectivity index (χ0v) is 16.0. The highest BCUT2D eigenvalue weighted by molar-refractivity contribution is 7.99. The lowest BCUT2D eigenvalue weighted by Gasteiger charge is -2.26. The van der Waals surface area contributed by atoms with Crippen molar-refractivity contribution in [2.75, 3.05) is 12.3 Å². The van der Waals surface area contributed by atoms with E-state index >= 15 is 0 Å². The topological polar surface area (TPSA) is 58.2 Å². The molecule has 1 aliphatic rings. The van der Waals surface area contributed by atoms with Gasteiger partial charge in [-0.05, 0) is 48.1 Å². The highest BCUT2D eigenvalue weighted by Crippen LogP contribution is 2.37. The normalized spacial score (nSPS) is 16.1. The molecule has 0 radical (unpaired) electrons. The molecule has 0 aliphatic carbocycles. The maximum absolute atomic E-state index is 12.2. The number of carbonyl (C=O) groups excluding carboxylic acids is 2. The summed E-state index contributed by atoms with van der Waals surface area (Å²) in [5, 5.41) is 10.3. The molecule has 1 aromatic heterocycles. The standard InChI is InChI=1S/C18H19ClN2O2S2/c19-13-3-4-16-14(10-13)15(6-9-25-16)21-17(22)2-1-7-20-18(23)12-5-8-24-11-12/h3-5,8,10-11,15H,1-2,6-7,9H2,(H,20,23)(H,21,22). The van der Waals surface area contributed by atoms with Crippen LogP contribution in [0.5, 0.6) is 0 Å². The lowest BCUT2D eigenvalue weighted by molar-refractivity contribution is -0.122. The summed E-state index contributed by atoms with van der Waals surface area (Å²) in [7, 11) is 0. The molecule has 1 aromatic carbocycles. The molecule has 25 heavy (non-hydrogen) atoms. The minimum atomic E-state index is -0.0884. The van der Waals surface area contributed by atoms with Gasteiger partial charge in [-0.3, -0.25) is 9.59 Å². The average molecular weight is 395 g/mol. The van der Waals surface area contributed by atoms with Crippen LogP contribution >= 0.6 is 34.7 Å². The third-order valence-electron chi connectivity index (χ3n) is 4.00. The fourth-order valence-electron chi connectivity index (χ4n) is 2.73. The van der Waals surface area contributed by atoms with Gasteiger partial charge in [-0.25, -0.2) is 0 Å². The molecule has 132 valence electrons. The number of amides is 2. The number of nitrogens with one attached hydrogen (secondary N) is 2. The van der Waals surface area contributed by atoms with Gasteiger partial charge in [0.1, 0.15) is 0 Å². The Kier molecular flexibility index (Phi) is 6.39. The maximum atomic E-state index is 12.2. The second-order valence-electron chi connectivity index (χ2n) is 5.81. The Morgan fingerprint density at radius 3 is 2.96 bits per heavy atom. The van der Waals surface area contributed by atoms with E-state index in [-0.39, 0.29) is 17.9 Å². The third kappa shape index (κ3) is 5.00. The van der Waals surface area contributed by atoms with Gasteiger partial charge in [-0.1, -0.05) is 11.6 Å². The van der Waals surface area contributed by atoms with E-state index in [1.165, 1.54) is 16.2 Å². The summed E-state index contributed by atoms with van der Waals surface area (Å²) in [6, 6.07) is 7.64. The largest absolute Gasteiger partial charge is 0.352 e. The zero-order valence-electron chi connectivity index (χ0n) is 13.6. The second kappa shape index (κ2) is 8.74. The van der Waals surface area contributed by atoms with Crippen LogP contribution < -0.4 is 10.6 Å². The van der Waals surface area contributed by atoms with Crippen LogP contribution in [0.25, 0.3) is 0 Å². The van der Waals surface area contributed by atoms with Crippen molar-refractivity contribution in [3.8, 4) is 0 Å². The van der Waals surface area contributed by atoms with E-state index in [1.807, 2.05) is 29.0 Å². The minimum Gasteiger partial charge on any atom is -0.352 e. The van der Waals surface area contributed by atoms with Crippen molar-refractivity contribution in [1.82, 2.24) is 10.6 Å². The molecular formula is C18H19ClN2O2S2. The van der Waals surface area contributed by atoms with Crippen molar-refractivity contribution >= 4 is 46.5 Å². The van der Waals surface area contributed by atoms with Gasteiger partial charge in [0.25, 0.3) is 5.91 Å². The fourth-order valence-corrected chi connectivity index (χ4v) is 4.65. The van der Waals surface area contributed by atoms with E-state index in [0.29, 0.717) is 30.0 Å². The Morgan fingerprint density at radius 1 is 1.28 bits per heavy atom. The zero-order chi connectivity index (χ0) is 17.6.